The van der Waals surface area contributed by atoms with Gasteiger partial charge in [-0.2, -0.15) is 19.3 Å². The van der Waals surface area contributed by atoms with Crippen LogP contribution in [0.4, 0.5) is 4.39 Å². The third kappa shape index (κ3) is 3.58. The van der Waals surface area contributed by atoms with Crippen molar-refractivity contribution >= 4 is 20.9 Å². The third-order valence-electron chi connectivity index (χ3n) is 8.45. The van der Waals surface area contributed by atoms with E-state index in [9.17, 15) is 12.8 Å². The Morgan fingerprint density at radius 3 is 2.41 bits per heavy atom. The van der Waals surface area contributed by atoms with Gasteiger partial charge in [0.15, 0.2) is 0 Å². The summed E-state index contributed by atoms with van der Waals surface area (Å²) in [5, 5.41) is 13.6. The molecule has 7 rings (SSSR count). The Kier molecular flexibility index (Phi) is 5.15. The smallest absolute Gasteiger partial charge is 0.233 e. The predicted molar refractivity (Wildman–Crippen MR) is 145 cm³/mol. The maximum absolute atomic E-state index is 13.5. The van der Waals surface area contributed by atoms with E-state index in [0.29, 0.717) is 13.1 Å². The van der Waals surface area contributed by atoms with Gasteiger partial charge in [-0.3, -0.25) is 0 Å². The second kappa shape index (κ2) is 8.30. The molecule has 3 atom stereocenters. The lowest BCUT2D eigenvalue weighted by Crippen LogP contribution is -2.35. The van der Waals surface area contributed by atoms with Crippen molar-refractivity contribution < 1.29 is 12.8 Å². The summed E-state index contributed by atoms with van der Waals surface area (Å²) in [7, 11) is -2.17. The van der Waals surface area contributed by atoms with Crippen LogP contribution in [0.1, 0.15) is 28.2 Å². The number of nitrogens with zero attached hydrogens (tertiary/aromatic N) is 6. The molecule has 0 spiro atoms. The molecule has 5 aromatic rings. The molecule has 198 valence electrons. The number of aryl methyl sites for hydroxylation is 3. The highest BCUT2D eigenvalue weighted by Gasteiger charge is 2.71. The maximum Gasteiger partial charge on any atom is 0.264 e. The minimum atomic E-state index is -3.78. The van der Waals surface area contributed by atoms with Crippen molar-refractivity contribution in [2.24, 2.45) is 13.0 Å². The van der Waals surface area contributed by atoms with Gasteiger partial charge in [0, 0.05) is 36.9 Å². The maximum atomic E-state index is 13.5. The topological polar surface area (TPSA) is 85.9 Å². The van der Waals surface area contributed by atoms with E-state index < -0.39 is 10.0 Å². The number of halogens is 1. The Hall–Kier alpha value is -3.89. The van der Waals surface area contributed by atoms with Gasteiger partial charge in [-0.1, -0.05) is 29.8 Å². The van der Waals surface area contributed by atoms with E-state index in [1.807, 2.05) is 10.9 Å². The van der Waals surface area contributed by atoms with E-state index in [1.165, 1.54) is 34.3 Å². The van der Waals surface area contributed by atoms with Gasteiger partial charge in [0.05, 0.1) is 23.6 Å². The molecule has 0 unspecified atom stereocenters. The van der Waals surface area contributed by atoms with Crippen LogP contribution < -0.4 is 0 Å². The van der Waals surface area contributed by atoms with E-state index in [0.717, 1.165) is 27.7 Å². The lowest BCUT2D eigenvalue weighted by molar-refractivity contribution is 0.418. The summed E-state index contributed by atoms with van der Waals surface area (Å²) in [5.41, 5.74) is 5.97. The number of benzene rings is 3. The molecule has 1 aliphatic heterocycles. The first-order valence-electron chi connectivity index (χ1n) is 12.9. The van der Waals surface area contributed by atoms with Crippen LogP contribution in [0, 0.1) is 25.6 Å². The first-order valence-corrected chi connectivity index (χ1v) is 14.3. The van der Waals surface area contributed by atoms with E-state index in [-0.39, 0.29) is 28.1 Å². The van der Waals surface area contributed by atoms with Crippen LogP contribution in [-0.2, 0) is 22.5 Å². The summed E-state index contributed by atoms with van der Waals surface area (Å²) in [6.07, 6.45) is 3.13. The summed E-state index contributed by atoms with van der Waals surface area (Å²) in [5.74, 6) is 0.0431. The number of fused-ring (bicyclic) bond motifs is 2. The molecule has 1 saturated heterocycles. The third-order valence-corrected chi connectivity index (χ3v) is 10.1. The van der Waals surface area contributed by atoms with Crippen molar-refractivity contribution in [1.82, 2.24) is 29.1 Å². The van der Waals surface area contributed by atoms with Crippen LogP contribution in [0.25, 0.3) is 16.6 Å². The highest BCUT2D eigenvalue weighted by molar-refractivity contribution is 7.89. The van der Waals surface area contributed by atoms with Gasteiger partial charge >= 0.3 is 0 Å². The molecule has 2 aliphatic rings. The van der Waals surface area contributed by atoms with Gasteiger partial charge < -0.3 is 0 Å². The SMILES string of the molecule is Cc1ccc([C@@H]2[C@@H]3CN(S(=O)(=O)c4cnn(C)n4)C[C@]23c2cc3cnn(-c4ccc(F)cc4)c3cc2C)cc1. The summed E-state index contributed by atoms with van der Waals surface area (Å²) >= 11 is 0. The fraction of sp³-hybridized carbons (Fsp3) is 0.276. The van der Waals surface area contributed by atoms with Gasteiger partial charge in [-0.15, -0.1) is 5.10 Å². The molecule has 2 fully saturated rings. The minimum Gasteiger partial charge on any atom is -0.233 e. The zero-order valence-corrected chi connectivity index (χ0v) is 22.6. The average molecular weight is 543 g/mol. The number of hydrogen-bond donors (Lipinski definition) is 0. The van der Waals surface area contributed by atoms with E-state index in [4.69, 9.17) is 0 Å². The van der Waals surface area contributed by atoms with Gasteiger partial charge in [-0.05, 0) is 72.9 Å². The van der Waals surface area contributed by atoms with Crippen molar-refractivity contribution in [1.29, 1.82) is 0 Å². The Morgan fingerprint density at radius 2 is 1.72 bits per heavy atom. The standard InChI is InChI=1S/C29H27FN6O2S/c1-18-4-6-20(7-5-18)28-25-16-35(39(37,38)27-15-31-34(3)33-27)17-29(25,28)24-13-21-14-32-36(26(21)12-19(24)2)23-10-8-22(30)9-11-23/h4-15,25,28H,16-17H2,1-3H3/t25-,28+,29+/m0/s1. The fourth-order valence-corrected chi connectivity index (χ4v) is 7.97. The summed E-state index contributed by atoms with van der Waals surface area (Å²) in [6, 6.07) is 19.1. The summed E-state index contributed by atoms with van der Waals surface area (Å²) < 4.78 is 43.9. The largest absolute Gasteiger partial charge is 0.264 e. The van der Waals surface area contributed by atoms with Gasteiger partial charge in [0.1, 0.15) is 5.82 Å². The number of aromatic nitrogens is 5. The first-order chi connectivity index (χ1) is 18.7. The van der Waals surface area contributed by atoms with E-state index in [2.05, 4.69) is 65.5 Å². The van der Waals surface area contributed by atoms with Crippen LogP contribution in [-0.4, -0.2) is 50.6 Å². The molecule has 0 bridgehead atoms. The van der Waals surface area contributed by atoms with E-state index in [1.54, 1.807) is 23.5 Å². The molecule has 1 saturated carbocycles. The summed E-state index contributed by atoms with van der Waals surface area (Å²) in [4.78, 5) is 1.27. The Morgan fingerprint density at radius 1 is 0.974 bits per heavy atom. The van der Waals surface area contributed by atoms with Crippen molar-refractivity contribution in [3.8, 4) is 5.69 Å². The molecule has 39 heavy (non-hydrogen) atoms. The predicted octanol–water partition coefficient (Wildman–Crippen LogP) is 4.27. The lowest BCUT2D eigenvalue weighted by atomic mass is 9.86. The molecular formula is C29H27FN6O2S. The normalized spacial score (nSPS) is 22.9. The zero-order chi connectivity index (χ0) is 27.1. The fourth-order valence-electron chi connectivity index (χ4n) is 6.56. The van der Waals surface area contributed by atoms with Crippen LogP contribution >= 0.6 is 0 Å². The molecule has 3 heterocycles. The second-order valence-corrected chi connectivity index (χ2v) is 12.6. The molecule has 0 N–H and O–H groups in total. The lowest BCUT2D eigenvalue weighted by Gasteiger charge is -2.24. The first kappa shape index (κ1) is 24.2. The van der Waals surface area contributed by atoms with Crippen LogP contribution in [0.2, 0.25) is 0 Å². The van der Waals surface area contributed by atoms with Crippen LogP contribution in [0.15, 0.2) is 78.1 Å². The average Bonchev–Trinajstić information content (AvgIpc) is 3.35. The quantitative estimate of drug-likeness (QED) is 0.331. The molecule has 1 aliphatic carbocycles. The number of hydrogen-bond acceptors (Lipinski definition) is 5. The molecule has 8 nitrogen and oxygen atoms in total. The Labute approximate surface area is 225 Å². The van der Waals surface area contributed by atoms with Gasteiger partial charge in [0.2, 0.25) is 5.03 Å². The highest BCUT2D eigenvalue weighted by atomic mass is 32.2. The van der Waals surface area contributed by atoms with Crippen molar-refractivity contribution in [3.63, 3.8) is 0 Å². The molecule has 2 aromatic heterocycles. The van der Waals surface area contributed by atoms with Gasteiger partial charge in [0.25, 0.3) is 10.0 Å². The molecule has 0 radical (unpaired) electrons. The summed E-state index contributed by atoms with van der Waals surface area (Å²) in [6.45, 7) is 4.93. The monoisotopic (exact) mass is 542 g/mol. The highest BCUT2D eigenvalue weighted by Crippen LogP contribution is 2.70. The number of rotatable bonds is 5. The van der Waals surface area contributed by atoms with Crippen molar-refractivity contribution in [3.05, 3.63) is 101 Å². The van der Waals surface area contributed by atoms with Crippen LogP contribution in [0.5, 0.6) is 0 Å². The van der Waals surface area contributed by atoms with Crippen molar-refractivity contribution in [2.45, 2.75) is 30.2 Å². The number of sulfonamides is 1. The molecule has 0 amide bonds. The molecular weight excluding hydrogens is 515 g/mol. The van der Waals surface area contributed by atoms with Crippen LogP contribution in [0.3, 0.4) is 0 Å². The molecule has 10 heteroatoms. The van der Waals surface area contributed by atoms with E-state index >= 15 is 0 Å². The second-order valence-electron chi connectivity index (χ2n) is 10.8. The number of piperidine rings is 1. The Bertz CT molecular complexity index is 1850. The Balaban J connectivity index is 1.33. The van der Waals surface area contributed by atoms with Crippen molar-refractivity contribution in [2.75, 3.05) is 13.1 Å². The molecule has 3 aromatic carbocycles. The minimum absolute atomic E-state index is 0.0268. The zero-order valence-electron chi connectivity index (χ0n) is 21.8. The van der Waals surface area contributed by atoms with Gasteiger partial charge in [-0.25, -0.2) is 17.5 Å².